The van der Waals surface area contributed by atoms with Gasteiger partial charge in [0, 0.05) is 23.4 Å². The zero-order valence-electron chi connectivity index (χ0n) is 12.8. The van der Waals surface area contributed by atoms with Gasteiger partial charge in [-0.3, -0.25) is 4.79 Å². The number of benzene rings is 1. The highest BCUT2D eigenvalue weighted by atomic mass is 35.5. The molecule has 1 aromatic carbocycles. The molecule has 0 spiro atoms. The number of likely N-dealkylation sites (N-methyl/N-ethyl adjacent to an activating group) is 1. The molecule has 1 heterocycles. The molecule has 0 saturated heterocycles. The molecule has 1 amide bonds. The molecule has 4 nitrogen and oxygen atoms in total. The molecular weight excluding hydrogens is 320 g/mol. The number of aliphatic hydroxyl groups excluding tert-OH is 1. The number of rotatable bonds is 5. The molecular formula is C16H19ClN2O2S. The van der Waals surface area contributed by atoms with Crippen LogP contribution in [0.4, 0.5) is 0 Å². The molecule has 0 radical (unpaired) electrons. The predicted octanol–water partition coefficient (Wildman–Crippen LogP) is 3.61. The van der Waals surface area contributed by atoms with E-state index < -0.39 is 6.10 Å². The third-order valence-electron chi connectivity index (χ3n) is 3.26. The lowest BCUT2D eigenvalue weighted by Crippen LogP contribution is -2.31. The van der Waals surface area contributed by atoms with Crippen molar-refractivity contribution in [2.75, 3.05) is 7.05 Å². The van der Waals surface area contributed by atoms with E-state index in [1.807, 2.05) is 5.38 Å². The number of halogens is 1. The van der Waals surface area contributed by atoms with Crippen molar-refractivity contribution in [3.05, 3.63) is 50.9 Å². The van der Waals surface area contributed by atoms with Crippen LogP contribution in [0.2, 0.25) is 5.02 Å². The van der Waals surface area contributed by atoms with Crippen molar-refractivity contribution in [3.8, 4) is 0 Å². The van der Waals surface area contributed by atoms with E-state index in [4.69, 9.17) is 11.6 Å². The van der Waals surface area contributed by atoms with Gasteiger partial charge >= 0.3 is 0 Å². The Morgan fingerprint density at radius 3 is 2.55 bits per heavy atom. The zero-order valence-corrected chi connectivity index (χ0v) is 14.4. The smallest absolute Gasteiger partial charge is 0.256 e. The van der Waals surface area contributed by atoms with Crippen molar-refractivity contribution >= 4 is 28.8 Å². The molecule has 1 N–H and O–H groups in total. The number of hydrogen-bond acceptors (Lipinski definition) is 4. The highest BCUT2D eigenvalue weighted by molar-refractivity contribution is 7.09. The molecule has 2 aromatic rings. The van der Waals surface area contributed by atoms with Gasteiger partial charge in [-0.25, -0.2) is 4.98 Å². The van der Waals surface area contributed by atoms with Crippen LogP contribution in [0, 0.1) is 0 Å². The summed E-state index contributed by atoms with van der Waals surface area (Å²) in [4.78, 5) is 18.3. The first-order valence-electron chi connectivity index (χ1n) is 7.01. The first-order valence-corrected chi connectivity index (χ1v) is 8.27. The molecule has 0 aliphatic carbocycles. The Balaban J connectivity index is 2.03. The van der Waals surface area contributed by atoms with Crippen molar-refractivity contribution in [2.24, 2.45) is 0 Å². The van der Waals surface area contributed by atoms with Gasteiger partial charge in [-0.15, -0.1) is 11.3 Å². The van der Waals surface area contributed by atoms with Crippen LogP contribution in [0.3, 0.4) is 0 Å². The zero-order chi connectivity index (χ0) is 16.3. The summed E-state index contributed by atoms with van der Waals surface area (Å²) in [6, 6.07) is 6.61. The average Bonchev–Trinajstić information content (AvgIpc) is 2.95. The molecule has 6 heteroatoms. The van der Waals surface area contributed by atoms with Crippen LogP contribution in [-0.4, -0.2) is 27.9 Å². The second-order valence-electron chi connectivity index (χ2n) is 5.48. The Bertz CT molecular complexity index is 640. The second kappa shape index (κ2) is 7.22. The summed E-state index contributed by atoms with van der Waals surface area (Å²) < 4.78 is 0. The first-order chi connectivity index (χ1) is 10.4. The SMILES string of the molecule is CC(C)c1nc(CN(C)C(=O)[C@H](O)c2ccc(Cl)cc2)cs1. The molecule has 1 aromatic heterocycles. The topological polar surface area (TPSA) is 53.4 Å². The number of thiazole rings is 1. The molecule has 0 unspecified atom stereocenters. The average molecular weight is 339 g/mol. The first kappa shape index (κ1) is 16.9. The fourth-order valence-electron chi connectivity index (χ4n) is 1.98. The van der Waals surface area contributed by atoms with Crippen LogP contribution in [0.1, 0.15) is 42.1 Å². The Labute approximate surface area is 139 Å². The summed E-state index contributed by atoms with van der Waals surface area (Å²) in [5.41, 5.74) is 1.37. The summed E-state index contributed by atoms with van der Waals surface area (Å²) in [5, 5.41) is 13.7. The van der Waals surface area contributed by atoms with Crippen molar-refractivity contribution in [3.63, 3.8) is 0 Å². The molecule has 1 atom stereocenters. The number of carbonyl (C=O) groups is 1. The molecule has 0 fully saturated rings. The maximum atomic E-state index is 12.3. The molecule has 0 aliphatic heterocycles. The van der Waals surface area contributed by atoms with Gasteiger partial charge in [-0.05, 0) is 17.7 Å². The highest BCUT2D eigenvalue weighted by Crippen LogP contribution is 2.22. The van der Waals surface area contributed by atoms with Crippen molar-refractivity contribution < 1.29 is 9.90 Å². The lowest BCUT2D eigenvalue weighted by molar-refractivity contribution is -0.139. The van der Waals surface area contributed by atoms with Crippen LogP contribution in [0.15, 0.2) is 29.6 Å². The Morgan fingerprint density at radius 1 is 1.36 bits per heavy atom. The fourth-order valence-corrected chi connectivity index (χ4v) is 2.93. The van der Waals surface area contributed by atoms with Crippen molar-refractivity contribution in [2.45, 2.75) is 32.4 Å². The van der Waals surface area contributed by atoms with E-state index in [0.29, 0.717) is 23.0 Å². The normalized spacial score (nSPS) is 12.5. The van der Waals surface area contributed by atoms with Gasteiger partial charge in [0.25, 0.3) is 5.91 Å². The lowest BCUT2D eigenvalue weighted by atomic mass is 10.1. The van der Waals surface area contributed by atoms with E-state index in [0.717, 1.165) is 10.7 Å². The van der Waals surface area contributed by atoms with E-state index in [-0.39, 0.29) is 5.91 Å². The number of hydrogen-bond donors (Lipinski definition) is 1. The Kier molecular flexibility index (Phi) is 5.56. The summed E-state index contributed by atoms with van der Waals surface area (Å²) in [6.45, 7) is 4.55. The summed E-state index contributed by atoms with van der Waals surface area (Å²) in [6.07, 6.45) is -1.19. The maximum Gasteiger partial charge on any atom is 0.256 e. The van der Waals surface area contributed by atoms with Gasteiger partial charge in [-0.2, -0.15) is 0 Å². The highest BCUT2D eigenvalue weighted by Gasteiger charge is 2.22. The Morgan fingerprint density at radius 2 is 2.00 bits per heavy atom. The fraction of sp³-hybridized carbons (Fsp3) is 0.375. The number of nitrogens with zero attached hydrogens (tertiary/aromatic N) is 2. The minimum atomic E-state index is -1.19. The van der Waals surface area contributed by atoms with Crippen LogP contribution in [-0.2, 0) is 11.3 Å². The van der Waals surface area contributed by atoms with Gasteiger partial charge in [0.15, 0.2) is 6.10 Å². The van der Waals surface area contributed by atoms with Crippen LogP contribution in [0.5, 0.6) is 0 Å². The van der Waals surface area contributed by atoms with Crippen molar-refractivity contribution in [1.82, 2.24) is 9.88 Å². The van der Waals surface area contributed by atoms with E-state index in [1.54, 1.807) is 42.6 Å². The summed E-state index contributed by atoms with van der Waals surface area (Å²) in [7, 11) is 1.66. The number of amides is 1. The predicted molar refractivity (Wildman–Crippen MR) is 89.1 cm³/mol. The van der Waals surface area contributed by atoms with Crippen LogP contribution < -0.4 is 0 Å². The van der Waals surface area contributed by atoms with Gasteiger partial charge in [0.2, 0.25) is 0 Å². The lowest BCUT2D eigenvalue weighted by Gasteiger charge is -2.20. The quantitative estimate of drug-likeness (QED) is 0.906. The van der Waals surface area contributed by atoms with Gasteiger partial charge in [-0.1, -0.05) is 37.6 Å². The summed E-state index contributed by atoms with van der Waals surface area (Å²) in [5.74, 6) is 0.0147. The van der Waals surface area contributed by atoms with Crippen molar-refractivity contribution in [1.29, 1.82) is 0 Å². The largest absolute Gasteiger partial charge is 0.378 e. The molecule has 22 heavy (non-hydrogen) atoms. The molecule has 0 aliphatic rings. The van der Waals surface area contributed by atoms with E-state index in [2.05, 4.69) is 18.8 Å². The molecule has 0 bridgehead atoms. The maximum absolute atomic E-state index is 12.3. The molecule has 118 valence electrons. The van der Waals surface area contributed by atoms with Crippen LogP contribution in [0.25, 0.3) is 0 Å². The third kappa shape index (κ3) is 4.06. The standard InChI is InChI=1S/C16H19ClN2O2S/c1-10(2)15-18-13(9-22-15)8-19(3)16(21)14(20)11-4-6-12(17)7-5-11/h4-7,9-10,14,20H,8H2,1-3H3/t14-/m1/s1. The number of carbonyl (C=O) groups excluding carboxylic acids is 1. The van der Waals surface area contributed by atoms with E-state index >= 15 is 0 Å². The van der Waals surface area contributed by atoms with E-state index in [9.17, 15) is 9.90 Å². The van der Waals surface area contributed by atoms with Gasteiger partial charge in [0.1, 0.15) is 0 Å². The number of aliphatic hydroxyl groups is 1. The van der Waals surface area contributed by atoms with E-state index in [1.165, 1.54) is 4.90 Å². The van der Waals surface area contributed by atoms with Gasteiger partial charge in [0.05, 0.1) is 17.2 Å². The van der Waals surface area contributed by atoms with Crippen LogP contribution >= 0.6 is 22.9 Å². The second-order valence-corrected chi connectivity index (χ2v) is 6.81. The number of aromatic nitrogens is 1. The molecule has 0 saturated carbocycles. The minimum absolute atomic E-state index is 0.360. The Hall–Kier alpha value is -1.43. The minimum Gasteiger partial charge on any atom is -0.378 e. The molecule has 2 rings (SSSR count). The van der Waals surface area contributed by atoms with Gasteiger partial charge < -0.3 is 10.0 Å². The summed E-state index contributed by atoms with van der Waals surface area (Å²) >= 11 is 7.40. The monoisotopic (exact) mass is 338 g/mol. The third-order valence-corrected chi connectivity index (χ3v) is 4.70.